The number of halogens is 3. The highest BCUT2D eigenvalue weighted by atomic mass is 19.4. The second kappa shape index (κ2) is 7.61. The Balaban J connectivity index is 1.81. The van der Waals surface area contributed by atoms with Crippen LogP contribution in [0.2, 0.25) is 0 Å². The van der Waals surface area contributed by atoms with Crippen LogP contribution in [0.3, 0.4) is 0 Å². The van der Waals surface area contributed by atoms with E-state index in [1.54, 1.807) is 24.5 Å². The Hall–Kier alpha value is -3.16. The first-order valence-corrected chi connectivity index (χ1v) is 8.20. The second-order valence-corrected chi connectivity index (χ2v) is 6.02. The van der Waals surface area contributed by atoms with Crippen molar-refractivity contribution in [3.8, 4) is 0 Å². The molecule has 3 rings (SSSR count). The summed E-state index contributed by atoms with van der Waals surface area (Å²) in [7, 11) is 0. The number of aryl methyl sites for hydroxylation is 1. The van der Waals surface area contributed by atoms with Crippen LogP contribution >= 0.6 is 0 Å². The molecule has 27 heavy (non-hydrogen) atoms. The maximum Gasteiger partial charge on any atom is 0.435 e. The zero-order valence-corrected chi connectivity index (χ0v) is 14.4. The van der Waals surface area contributed by atoms with E-state index in [0.29, 0.717) is 0 Å². The number of hydrogen-bond acceptors (Lipinski definition) is 3. The van der Waals surface area contributed by atoms with Gasteiger partial charge in [-0.3, -0.25) is 14.5 Å². The lowest BCUT2D eigenvalue weighted by molar-refractivity contribution is -0.141. The van der Waals surface area contributed by atoms with Crippen LogP contribution in [-0.2, 0) is 17.5 Å². The SMILES string of the molecule is Cc1cc(C(F)(F)F)nn1CC(=O)NC(c1ccccc1)c1ccncc1. The fourth-order valence-corrected chi connectivity index (χ4v) is 2.71. The molecular weight excluding hydrogens is 357 g/mol. The highest BCUT2D eigenvalue weighted by molar-refractivity contribution is 5.76. The van der Waals surface area contributed by atoms with Crippen LogP contribution in [-0.4, -0.2) is 20.7 Å². The first kappa shape index (κ1) is 18.6. The number of alkyl halides is 3. The van der Waals surface area contributed by atoms with Crippen LogP contribution in [0.25, 0.3) is 0 Å². The molecule has 0 radical (unpaired) electrons. The van der Waals surface area contributed by atoms with Crippen molar-refractivity contribution in [2.75, 3.05) is 0 Å². The highest BCUT2D eigenvalue weighted by Crippen LogP contribution is 2.28. The van der Waals surface area contributed by atoms with E-state index in [4.69, 9.17) is 0 Å². The van der Waals surface area contributed by atoms with Gasteiger partial charge in [0.15, 0.2) is 5.69 Å². The lowest BCUT2D eigenvalue weighted by atomic mass is 10.00. The molecular formula is C19H17F3N4O. The molecule has 3 aromatic rings. The molecule has 0 aliphatic heterocycles. The van der Waals surface area contributed by atoms with Crippen LogP contribution < -0.4 is 5.32 Å². The molecule has 2 heterocycles. The summed E-state index contributed by atoms with van der Waals surface area (Å²) in [5, 5.41) is 6.36. The van der Waals surface area contributed by atoms with Crippen molar-refractivity contribution >= 4 is 5.91 Å². The number of pyridine rings is 1. The second-order valence-electron chi connectivity index (χ2n) is 6.02. The monoisotopic (exact) mass is 374 g/mol. The van der Waals surface area contributed by atoms with E-state index in [-0.39, 0.29) is 12.2 Å². The van der Waals surface area contributed by atoms with Crippen LogP contribution in [0.1, 0.15) is 28.6 Å². The zero-order chi connectivity index (χ0) is 19.4. The number of rotatable bonds is 5. The van der Waals surface area contributed by atoms with Crippen molar-refractivity contribution < 1.29 is 18.0 Å². The van der Waals surface area contributed by atoms with Gasteiger partial charge < -0.3 is 5.32 Å². The quantitative estimate of drug-likeness (QED) is 0.744. The molecule has 0 spiro atoms. The Morgan fingerprint density at radius 2 is 1.74 bits per heavy atom. The molecule has 0 saturated carbocycles. The molecule has 1 N–H and O–H groups in total. The summed E-state index contributed by atoms with van der Waals surface area (Å²) in [5.41, 5.74) is 0.919. The van der Waals surface area contributed by atoms with Gasteiger partial charge in [-0.05, 0) is 36.2 Å². The maximum atomic E-state index is 12.8. The summed E-state index contributed by atoms with van der Waals surface area (Å²) in [6, 6.07) is 13.3. The van der Waals surface area contributed by atoms with Gasteiger partial charge in [0.05, 0.1) is 6.04 Å². The molecule has 1 unspecified atom stereocenters. The van der Waals surface area contributed by atoms with Gasteiger partial charge in [-0.1, -0.05) is 30.3 Å². The standard InChI is InChI=1S/C19H17F3N4O/c1-13-11-16(19(20,21)22)25-26(13)12-17(27)24-18(14-5-3-2-4-6-14)15-7-9-23-10-8-15/h2-11,18H,12H2,1H3,(H,24,27). The Morgan fingerprint density at radius 1 is 1.11 bits per heavy atom. The number of carbonyl (C=O) groups is 1. The van der Waals surface area contributed by atoms with Crippen molar-refractivity contribution in [2.24, 2.45) is 0 Å². The first-order valence-electron chi connectivity index (χ1n) is 8.20. The molecule has 0 saturated heterocycles. The number of benzene rings is 1. The molecule has 2 aromatic heterocycles. The number of aromatic nitrogens is 3. The van der Waals surface area contributed by atoms with Gasteiger partial charge in [-0.15, -0.1) is 0 Å². The first-order chi connectivity index (χ1) is 12.8. The Labute approximate surface area is 153 Å². The Bertz CT molecular complexity index is 868. The number of nitrogens with zero attached hydrogens (tertiary/aromatic N) is 3. The predicted molar refractivity (Wildman–Crippen MR) is 92.6 cm³/mol. The van der Waals surface area contributed by atoms with Gasteiger partial charge in [0.25, 0.3) is 0 Å². The van der Waals surface area contributed by atoms with Gasteiger partial charge in [0.1, 0.15) is 6.54 Å². The predicted octanol–water partition coefficient (Wildman–Crippen LogP) is 3.51. The summed E-state index contributed by atoms with van der Waals surface area (Å²) in [5.74, 6) is -0.444. The Kier molecular flexibility index (Phi) is 5.25. The molecule has 0 aliphatic carbocycles. The average Bonchev–Trinajstić information content (AvgIpc) is 3.02. The number of nitrogens with one attached hydrogen (secondary N) is 1. The minimum absolute atomic E-state index is 0.262. The third kappa shape index (κ3) is 4.52. The maximum absolute atomic E-state index is 12.8. The van der Waals surface area contributed by atoms with Gasteiger partial charge in [-0.25, -0.2) is 0 Å². The average molecular weight is 374 g/mol. The van der Waals surface area contributed by atoms with Crippen LogP contribution in [0.15, 0.2) is 60.9 Å². The van der Waals surface area contributed by atoms with E-state index in [2.05, 4.69) is 15.4 Å². The van der Waals surface area contributed by atoms with Crippen LogP contribution in [0.4, 0.5) is 13.2 Å². The summed E-state index contributed by atoms with van der Waals surface area (Å²) < 4.78 is 39.4. The number of amides is 1. The van der Waals surface area contributed by atoms with Crippen molar-refractivity contribution in [3.05, 3.63) is 83.4 Å². The van der Waals surface area contributed by atoms with E-state index >= 15 is 0 Å². The molecule has 1 amide bonds. The van der Waals surface area contributed by atoms with Crippen molar-refractivity contribution in [1.29, 1.82) is 0 Å². The number of hydrogen-bond donors (Lipinski definition) is 1. The zero-order valence-electron chi connectivity index (χ0n) is 14.4. The highest BCUT2D eigenvalue weighted by Gasteiger charge is 2.34. The lowest BCUT2D eigenvalue weighted by Crippen LogP contribution is -2.32. The molecule has 140 valence electrons. The fourth-order valence-electron chi connectivity index (χ4n) is 2.71. The topological polar surface area (TPSA) is 59.8 Å². The van der Waals surface area contributed by atoms with E-state index < -0.39 is 23.8 Å². The lowest BCUT2D eigenvalue weighted by Gasteiger charge is -2.20. The molecule has 0 fully saturated rings. The summed E-state index contributed by atoms with van der Waals surface area (Å²) in [6.45, 7) is 1.17. The largest absolute Gasteiger partial charge is 0.435 e. The van der Waals surface area contributed by atoms with Crippen molar-refractivity contribution in [2.45, 2.75) is 25.7 Å². The van der Waals surface area contributed by atoms with E-state index in [0.717, 1.165) is 21.9 Å². The number of carbonyl (C=O) groups excluding carboxylic acids is 1. The fraction of sp³-hybridized carbons (Fsp3) is 0.211. The van der Waals surface area contributed by atoms with E-state index in [1.165, 1.54) is 6.92 Å². The molecule has 5 nitrogen and oxygen atoms in total. The van der Waals surface area contributed by atoms with E-state index in [9.17, 15) is 18.0 Å². The Morgan fingerprint density at radius 3 is 2.33 bits per heavy atom. The minimum Gasteiger partial charge on any atom is -0.344 e. The summed E-state index contributed by atoms with van der Waals surface area (Å²) >= 11 is 0. The van der Waals surface area contributed by atoms with Gasteiger partial charge >= 0.3 is 6.18 Å². The van der Waals surface area contributed by atoms with Gasteiger partial charge in [0.2, 0.25) is 5.91 Å². The third-order valence-corrected chi connectivity index (χ3v) is 4.04. The van der Waals surface area contributed by atoms with Crippen molar-refractivity contribution in [1.82, 2.24) is 20.1 Å². The van der Waals surface area contributed by atoms with Crippen molar-refractivity contribution in [3.63, 3.8) is 0 Å². The molecule has 1 atom stereocenters. The minimum atomic E-state index is -4.55. The molecule has 1 aromatic carbocycles. The van der Waals surface area contributed by atoms with Crippen LogP contribution in [0.5, 0.6) is 0 Å². The normalized spacial score (nSPS) is 12.6. The molecule has 0 bridgehead atoms. The molecule has 0 aliphatic rings. The van der Waals surface area contributed by atoms with E-state index in [1.807, 2.05) is 30.3 Å². The summed E-state index contributed by atoms with van der Waals surface area (Å²) in [4.78, 5) is 16.5. The van der Waals surface area contributed by atoms with Gasteiger partial charge in [-0.2, -0.15) is 18.3 Å². The van der Waals surface area contributed by atoms with Crippen LogP contribution in [0, 0.1) is 6.92 Å². The molecule has 8 heteroatoms. The smallest absolute Gasteiger partial charge is 0.344 e. The van der Waals surface area contributed by atoms with Gasteiger partial charge in [0, 0.05) is 18.1 Å². The third-order valence-electron chi connectivity index (χ3n) is 4.04. The summed E-state index contributed by atoms with van der Waals surface area (Å²) in [6.07, 6.45) is -1.31.